The first-order chi connectivity index (χ1) is 14.8. The summed E-state index contributed by atoms with van der Waals surface area (Å²) < 4.78 is 27.9. The van der Waals surface area contributed by atoms with Gasteiger partial charge in [0.2, 0.25) is 0 Å². The monoisotopic (exact) mass is 437 g/mol. The van der Waals surface area contributed by atoms with Crippen LogP contribution in [0.5, 0.6) is 0 Å². The minimum absolute atomic E-state index is 0.0898. The number of carbonyl (C=O) groups excluding carboxylic acids is 1. The quantitative estimate of drug-likeness (QED) is 0.479. The Morgan fingerprint density at radius 3 is 2.39 bits per heavy atom. The van der Waals surface area contributed by atoms with Crippen LogP contribution in [0.15, 0.2) is 77.7 Å². The van der Waals surface area contributed by atoms with Gasteiger partial charge < -0.3 is 4.90 Å². The molecule has 0 atom stereocenters. The second-order valence-corrected chi connectivity index (χ2v) is 8.81. The molecule has 0 bridgehead atoms. The van der Waals surface area contributed by atoms with E-state index in [0.29, 0.717) is 23.5 Å². The van der Waals surface area contributed by atoms with Crippen LogP contribution < -0.4 is 9.62 Å². The molecule has 0 spiro atoms. The second-order valence-electron chi connectivity index (χ2n) is 7.13. The highest BCUT2D eigenvalue weighted by Gasteiger charge is 2.25. The number of aryl methyl sites for hydroxylation is 1. The van der Waals surface area contributed by atoms with Gasteiger partial charge in [-0.2, -0.15) is 0 Å². The normalized spacial score (nSPS) is 13.4. The molecule has 1 heterocycles. The van der Waals surface area contributed by atoms with E-state index in [9.17, 15) is 23.3 Å². The Hall–Kier alpha value is -3.72. The second kappa shape index (κ2) is 8.19. The van der Waals surface area contributed by atoms with Crippen LogP contribution in [0.4, 0.5) is 17.1 Å². The molecule has 9 heteroatoms. The fourth-order valence-electron chi connectivity index (χ4n) is 3.55. The number of hydrogen-bond acceptors (Lipinski definition) is 5. The van der Waals surface area contributed by atoms with Crippen molar-refractivity contribution in [1.29, 1.82) is 0 Å². The topological polar surface area (TPSA) is 110 Å². The predicted octanol–water partition coefficient (Wildman–Crippen LogP) is 3.99. The van der Waals surface area contributed by atoms with E-state index in [2.05, 4.69) is 4.72 Å². The zero-order chi connectivity index (χ0) is 22.0. The largest absolute Gasteiger partial charge is 0.308 e. The van der Waals surface area contributed by atoms with Gasteiger partial charge >= 0.3 is 0 Å². The van der Waals surface area contributed by atoms with Gasteiger partial charge in [-0.25, -0.2) is 8.42 Å². The number of sulfonamides is 1. The molecular formula is C22H19N3O5S. The Labute approximate surface area is 179 Å². The van der Waals surface area contributed by atoms with E-state index in [4.69, 9.17) is 0 Å². The van der Waals surface area contributed by atoms with Crippen LogP contribution in [0.25, 0.3) is 0 Å². The number of nitrogens with zero attached hydrogens (tertiary/aromatic N) is 2. The van der Waals surface area contributed by atoms with E-state index in [0.717, 1.165) is 30.5 Å². The van der Waals surface area contributed by atoms with Gasteiger partial charge in [0.25, 0.3) is 21.6 Å². The number of amides is 1. The van der Waals surface area contributed by atoms with Crippen LogP contribution in [0, 0.1) is 10.1 Å². The number of nitrogens with one attached hydrogen (secondary N) is 1. The third kappa shape index (κ3) is 4.26. The summed E-state index contributed by atoms with van der Waals surface area (Å²) >= 11 is 0. The van der Waals surface area contributed by atoms with Gasteiger partial charge in [0.1, 0.15) is 0 Å². The highest BCUT2D eigenvalue weighted by atomic mass is 32.2. The number of non-ortho nitro benzene ring substituents is 1. The van der Waals surface area contributed by atoms with Crippen LogP contribution in [-0.4, -0.2) is 25.8 Å². The van der Waals surface area contributed by atoms with Crippen molar-refractivity contribution in [3.63, 3.8) is 0 Å². The van der Waals surface area contributed by atoms with Crippen molar-refractivity contribution in [1.82, 2.24) is 0 Å². The average Bonchev–Trinajstić information content (AvgIpc) is 2.78. The van der Waals surface area contributed by atoms with Gasteiger partial charge in [0.15, 0.2) is 0 Å². The van der Waals surface area contributed by atoms with Crippen molar-refractivity contribution in [3.05, 3.63) is 94.0 Å². The van der Waals surface area contributed by atoms with Gasteiger partial charge in [-0.1, -0.05) is 24.3 Å². The van der Waals surface area contributed by atoms with Crippen molar-refractivity contribution in [2.45, 2.75) is 17.7 Å². The van der Waals surface area contributed by atoms with Crippen LogP contribution in [0.1, 0.15) is 22.3 Å². The van der Waals surface area contributed by atoms with Crippen molar-refractivity contribution < 1.29 is 18.1 Å². The molecule has 1 aliphatic heterocycles. The predicted molar refractivity (Wildman–Crippen MR) is 117 cm³/mol. The van der Waals surface area contributed by atoms with Crippen molar-refractivity contribution in [2.75, 3.05) is 16.2 Å². The summed E-state index contributed by atoms with van der Waals surface area (Å²) in [5.74, 6) is -0.142. The summed E-state index contributed by atoms with van der Waals surface area (Å²) in [6, 6.07) is 18.7. The Bertz CT molecular complexity index is 1240. The highest BCUT2D eigenvalue weighted by molar-refractivity contribution is 7.92. The number of hydrogen-bond donors (Lipinski definition) is 1. The van der Waals surface area contributed by atoms with E-state index in [1.165, 1.54) is 12.1 Å². The first-order valence-electron chi connectivity index (χ1n) is 9.62. The van der Waals surface area contributed by atoms with E-state index < -0.39 is 14.9 Å². The Balaban J connectivity index is 1.62. The van der Waals surface area contributed by atoms with E-state index in [1.807, 2.05) is 12.1 Å². The van der Waals surface area contributed by atoms with E-state index in [1.54, 1.807) is 41.3 Å². The molecule has 1 aliphatic rings. The average molecular weight is 437 g/mol. The third-order valence-electron chi connectivity index (χ3n) is 5.08. The fraction of sp³-hybridized carbons (Fsp3) is 0.136. The minimum atomic E-state index is -3.95. The molecular weight excluding hydrogens is 418 g/mol. The maximum atomic E-state index is 13.0. The molecule has 0 radical (unpaired) electrons. The summed E-state index contributed by atoms with van der Waals surface area (Å²) in [5, 5.41) is 10.8. The van der Waals surface area contributed by atoms with Gasteiger partial charge in [-0.05, 0) is 54.8 Å². The molecule has 3 aromatic carbocycles. The SMILES string of the molecule is O=C(c1ccccc1)N1CCCc2ccc(NS(=O)(=O)c3ccc([N+](=O)[O-])cc3)cc21. The van der Waals surface area contributed by atoms with Crippen LogP contribution in [0.2, 0.25) is 0 Å². The summed E-state index contributed by atoms with van der Waals surface area (Å²) in [7, 11) is -3.95. The molecule has 0 unspecified atom stereocenters. The molecule has 3 aromatic rings. The summed E-state index contributed by atoms with van der Waals surface area (Å²) in [4.78, 5) is 24.8. The molecule has 1 amide bonds. The molecule has 0 aliphatic carbocycles. The Morgan fingerprint density at radius 1 is 1.00 bits per heavy atom. The van der Waals surface area contributed by atoms with Crippen molar-refractivity contribution in [3.8, 4) is 0 Å². The van der Waals surface area contributed by atoms with Crippen molar-refractivity contribution >= 4 is 33.0 Å². The summed E-state index contributed by atoms with van der Waals surface area (Å²) in [6.07, 6.45) is 1.61. The number of fused-ring (bicyclic) bond motifs is 1. The lowest BCUT2D eigenvalue weighted by atomic mass is 10.00. The molecule has 158 valence electrons. The number of anilines is 2. The third-order valence-corrected chi connectivity index (χ3v) is 6.48. The first kappa shape index (κ1) is 20.5. The lowest BCUT2D eigenvalue weighted by Gasteiger charge is -2.30. The van der Waals surface area contributed by atoms with Gasteiger partial charge in [-0.3, -0.25) is 19.6 Å². The van der Waals surface area contributed by atoms with Crippen LogP contribution >= 0.6 is 0 Å². The summed E-state index contributed by atoms with van der Waals surface area (Å²) in [5.41, 5.74) is 2.32. The molecule has 0 saturated heterocycles. The zero-order valence-electron chi connectivity index (χ0n) is 16.4. The van der Waals surface area contributed by atoms with Gasteiger partial charge in [0, 0.05) is 29.9 Å². The lowest BCUT2D eigenvalue weighted by Crippen LogP contribution is -2.35. The van der Waals surface area contributed by atoms with E-state index in [-0.39, 0.29) is 16.5 Å². The van der Waals surface area contributed by atoms with Crippen molar-refractivity contribution in [2.24, 2.45) is 0 Å². The van der Waals surface area contributed by atoms with Crippen LogP contribution in [0.3, 0.4) is 0 Å². The van der Waals surface area contributed by atoms with Gasteiger partial charge in [0.05, 0.1) is 15.5 Å². The maximum Gasteiger partial charge on any atom is 0.269 e. The molecule has 0 saturated carbocycles. The minimum Gasteiger partial charge on any atom is -0.308 e. The van der Waals surface area contributed by atoms with E-state index >= 15 is 0 Å². The number of nitro benzene ring substituents is 1. The smallest absolute Gasteiger partial charge is 0.269 e. The zero-order valence-corrected chi connectivity index (χ0v) is 17.2. The number of rotatable bonds is 5. The van der Waals surface area contributed by atoms with Gasteiger partial charge in [-0.15, -0.1) is 0 Å². The lowest BCUT2D eigenvalue weighted by molar-refractivity contribution is -0.384. The number of nitro groups is 1. The Kier molecular flexibility index (Phi) is 5.43. The molecule has 1 N–H and O–H groups in total. The molecule has 4 rings (SSSR count). The standard InChI is InChI=1S/C22H19N3O5S/c26-22(17-5-2-1-3-6-17)24-14-4-7-16-8-9-18(15-21(16)24)23-31(29,30)20-12-10-19(11-13-20)25(27)28/h1-3,5-6,8-13,15,23H,4,7,14H2. The molecule has 31 heavy (non-hydrogen) atoms. The number of carbonyl (C=O) groups is 1. The molecule has 8 nitrogen and oxygen atoms in total. The molecule has 0 aromatic heterocycles. The Morgan fingerprint density at radius 2 is 1.71 bits per heavy atom. The highest BCUT2D eigenvalue weighted by Crippen LogP contribution is 2.32. The maximum absolute atomic E-state index is 13.0. The summed E-state index contributed by atoms with van der Waals surface area (Å²) in [6.45, 7) is 0.541. The number of benzene rings is 3. The van der Waals surface area contributed by atoms with Crippen LogP contribution in [-0.2, 0) is 16.4 Å². The molecule has 0 fully saturated rings. The fourth-order valence-corrected chi connectivity index (χ4v) is 4.60. The first-order valence-corrected chi connectivity index (χ1v) is 11.1.